The van der Waals surface area contributed by atoms with Gasteiger partial charge in [0.1, 0.15) is 35.4 Å². The summed E-state index contributed by atoms with van der Waals surface area (Å²) in [7, 11) is 0. The van der Waals surface area contributed by atoms with Crippen LogP contribution in [0.2, 0.25) is 0 Å². The SMILES string of the molecule is CC1(C)O[C@@H]2O[C@H]([C@H](O)c3cc(O)c4c(c3O)C(=O)c3ccccc3C4=O)[C@](C)(O)[C@H]2O1. The van der Waals surface area contributed by atoms with Crippen LogP contribution in [-0.4, -0.2) is 61.9 Å². The zero-order valence-electron chi connectivity index (χ0n) is 17.5. The van der Waals surface area contributed by atoms with E-state index in [0.717, 1.165) is 6.07 Å². The zero-order chi connectivity index (χ0) is 23.2. The van der Waals surface area contributed by atoms with Crippen LogP contribution in [0.15, 0.2) is 30.3 Å². The third-order valence-corrected chi connectivity index (χ3v) is 6.28. The first-order valence-electron chi connectivity index (χ1n) is 10.1. The van der Waals surface area contributed by atoms with Gasteiger partial charge in [-0.2, -0.15) is 0 Å². The first kappa shape index (κ1) is 21.0. The monoisotopic (exact) mass is 442 g/mol. The summed E-state index contributed by atoms with van der Waals surface area (Å²) in [6.07, 6.45) is -4.88. The Kier molecular flexibility index (Phi) is 4.34. The van der Waals surface area contributed by atoms with Gasteiger partial charge in [0.15, 0.2) is 23.6 Å². The Bertz CT molecular complexity index is 1170. The molecular weight excluding hydrogens is 420 g/mol. The molecule has 32 heavy (non-hydrogen) atoms. The van der Waals surface area contributed by atoms with E-state index < -0.39 is 64.6 Å². The van der Waals surface area contributed by atoms with Crippen LogP contribution in [-0.2, 0) is 14.2 Å². The number of carbonyl (C=O) groups is 2. The molecular formula is C23H22O9. The van der Waals surface area contributed by atoms with Gasteiger partial charge in [0, 0.05) is 16.7 Å². The van der Waals surface area contributed by atoms with Crippen molar-refractivity contribution in [3.05, 3.63) is 58.1 Å². The van der Waals surface area contributed by atoms with Crippen molar-refractivity contribution in [1.29, 1.82) is 0 Å². The van der Waals surface area contributed by atoms with E-state index in [1.807, 2.05) is 0 Å². The summed E-state index contributed by atoms with van der Waals surface area (Å²) >= 11 is 0. The molecule has 0 bridgehead atoms. The van der Waals surface area contributed by atoms with Crippen molar-refractivity contribution in [2.45, 2.75) is 56.8 Å². The number of phenols is 2. The van der Waals surface area contributed by atoms with Gasteiger partial charge in [0.2, 0.25) is 0 Å². The molecule has 0 saturated carbocycles. The van der Waals surface area contributed by atoms with E-state index in [-0.39, 0.29) is 22.3 Å². The maximum Gasteiger partial charge on any atom is 0.198 e. The molecule has 0 unspecified atom stereocenters. The average Bonchev–Trinajstić information content (AvgIpc) is 3.17. The molecule has 5 atom stereocenters. The van der Waals surface area contributed by atoms with E-state index in [9.17, 15) is 30.0 Å². The normalized spacial score (nSPS) is 31.2. The van der Waals surface area contributed by atoms with Crippen molar-refractivity contribution in [2.24, 2.45) is 0 Å². The lowest BCUT2D eigenvalue weighted by Gasteiger charge is -2.33. The molecule has 9 heteroatoms. The number of carbonyl (C=O) groups excluding carboxylic acids is 2. The Balaban J connectivity index is 1.57. The second-order valence-corrected chi connectivity index (χ2v) is 8.94. The van der Waals surface area contributed by atoms with Crippen molar-refractivity contribution in [3.63, 3.8) is 0 Å². The summed E-state index contributed by atoms with van der Waals surface area (Å²) in [5.74, 6) is -3.53. The van der Waals surface area contributed by atoms with Gasteiger partial charge < -0.3 is 34.6 Å². The fraction of sp³-hybridized carbons (Fsp3) is 0.391. The lowest BCUT2D eigenvalue weighted by molar-refractivity contribution is -0.240. The Morgan fingerprint density at radius 1 is 0.969 bits per heavy atom. The van der Waals surface area contributed by atoms with Crippen LogP contribution in [0.5, 0.6) is 11.5 Å². The maximum absolute atomic E-state index is 13.1. The molecule has 0 radical (unpaired) electrons. The Morgan fingerprint density at radius 2 is 1.56 bits per heavy atom. The summed E-state index contributed by atoms with van der Waals surface area (Å²) < 4.78 is 17.0. The number of aliphatic hydroxyl groups excluding tert-OH is 1. The lowest BCUT2D eigenvalue weighted by atomic mass is 9.80. The van der Waals surface area contributed by atoms with Gasteiger partial charge in [-0.25, -0.2) is 0 Å². The van der Waals surface area contributed by atoms with Gasteiger partial charge in [-0.1, -0.05) is 24.3 Å². The number of hydrogen-bond acceptors (Lipinski definition) is 9. The van der Waals surface area contributed by atoms with Gasteiger partial charge in [-0.05, 0) is 26.8 Å². The second kappa shape index (κ2) is 6.60. The molecule has 2 fully saturated rings. The van der Waals surface area contributed by atoms with Gasteiger partial charge in [0.05, 0.1) is 11.1 Å². The maximum atomic E-state index is 13.1. The fourth-order valence-corrected chi connectivity index (χ4v) is 4.73. The number of aromatic hydroxyl groups is 2. The summed E-state index contributed by atoms with van der Waals surface area (Å²) in [5, 5.41) is 43.6. The van der Waals surface area contributed by atoms with Gasteiger partial charge in [-0.15, -0.1) is 0 Å². The standard InChI is InChI=1S/C23H22O9/c1-22(2)31-20-21(32-22)30-19(23(20,3)29)18(28)11-8-12(24)13-14(17(11)27)16(26)10-7-5-4-6-9(10)15(13)25/h4-8,18-21,24,27-29H,1-3H3/t18-,19-,20+,21+,23+/m1/s1. The number of benzene rings is 2. The zero-order valence-corrected chi connectivity index (χ0v) is 17.5. The van der Waals surface area contributed by atoms with Crippen LogP contribution in [0.1, 0.15) is 64.3 Å². The highest BCUT2D eigenvalue weighted by Gasteiger charge is 2.63. The highest BCUT2D eigenvalue weighted by atomic mass is 16.8. The van der Waals surface area contributed by atoms with Crippen LogP contribution < -0.4 is 0 Å². The van der Waals surface area contributed by atoms with Gasteiger partial charge in [-0.3, -0.25) is 9.59 Å². The van der Waals surface area contributed by atoms with Crippen molar-refractivity contribution in [3.8, 4) is 11.5 Å². The third-order valence-electron chi connectivity index (χ3n) is 6.28. The van der Waals surface area contributed by atoms with E-state index in [1.165, 1.54) is 19.1 Å². The largest absolute Gasteiger partial charge is 0.507 e. The Morgan fingerprint density at radius 3 is 2.16 bits per heavy atom. The number of aliphatic hydroxyl groups is 2. The predicted molar refractivity (Wildman–Crippen MR) is 107 cm³/mol. The summed E-state index contributed by atoms with van der Waals surface area (Å²) in [5.41, 5.74) is -2.57. The average molecular weight is 442 g/mol. The van der Waals surface area contributed by atoms with E-state index in [4.69, 9.17) is 14.2 Å². The number of rotatable bonds is 2. The smallest absolute Gasteiger partial charge is 0.198 e. The molecule has 2 aromatic carbocycles. The topological polar surface area (TPSA) is 143 Å². The van der Waals surface area contributed by atoms with Gasteiger partial charge in [0.25, 0.3) is 0 Å². The molecule has 2 heterocycles. The second-order valence-electron chi connectivity index (χ2n) is 8.94. The third kappa shape index (κ3) is 2.76. The summed E-state index contributed by atoms with van der Waals surface area (Å²) in [4.78, 5) is 25.9. The van der Waals surface area contributed by atoms with Crippen LogP contribution in [0.25, 0.3) is 0 Å². The number of hydrogen-bond donors (Lipinski definition) is 4. The molecule has 2 saturated heterocycles. The van der Waals surface area contributed by atoms with E-state index in [0.29, 0.717) is 0 Å². The molecule has 0 aromatic heterocycles. The molecule has 5 rings (SSSR count). The molecule has 9 nitrogen and oxygen atoms in total. The fourth-order valence-electron chi connectivity index (χ4n) is 4.73. The van der Waals surface area contributed by atoms with E-state index >= 15 is 0 Å². The minimum atomic E-state index is -1.73. The summed E-state index contributed by atoms with van der Waals surface area (Å²) in [6, 6.07) is 7.07. The van der Waals surface area contributed by atoms with Crippen molar-refractivity contribution in [1.82, 2.24) is 0 Å². The first-order valence-corrected chi connectivity index (χ1v) is 10.1. The molecule has 2 aromatic rings. The molecule has 2 aliphatic heterocycles. The van der Waals surface area contributed by atoms with Crippen LogP contribution >= 0.6 is 0 Å². The molecule has 3 aliphatic rings. The quantitative estimate of drug-likeness (QED) is 0.435. The Labute approximate surface area is 182 Å². The van der Waals surface area contributed by atoms with Crippen molar-refractivity contribution in [2.75, 3.05) is 0 Å². The van der Waals surface area contributed by atoms with Crippen LogP contribution in [0, 0.1) is 0 Å². The highest BCUT2D eigenvalue weighted by molar-refractivity contribution is 6.30. The number of ether oxygens (including phenoxy) is 3. The van der Waals surface area contributed by atoms with Crippen molar-refractivity contribution < 1.29 is 44.2 Å². The van der Waals surface area contributed by atoms with Crippen molar-refractivity contribution >= 4 is 11.6 Å². The van der Waals surface area contributed by atoms with Crippen LogP contribution in [0.4, 0.5) is 0 Å². The van der Waals surface area contributed by atoms with Gasteiger partial charge >= 0.3 is 0 Å². The molecule has 1 aliphatic carbocycles. The minimum absolute atomic E-state index is 0.0778. The summed E-state index contributed by atoms with van der Waals surface area (Å²) in [6.45, 7) is 4.71. The number of fused-ring (bicyclic) bond motifs is 3. The van der Waals surface area contributed by atoms with E-state index in [2.05, 4.69) is 0 Å². The van der Waals surface area contributed by atoms with Crippen LogP contribution in [0.3, 0.4) is 0 Å². The molecule has 0 spiro atoms. The number of phenolic OH excluding ortho intramolecular Hbond substituents is 2. The minimum Gasteiger partial charge on any atom is -0.507 e. The van der Waals surface area contributed by atoms with E-state index in [1.54, 1.807) is 26.0 Å². The Hall–Kier alpha value is -2.82. The lowest BCUT2D eigenvalue weighted by Crippen LogP contribution is -2.48. The predicted octanol–water partition coefficient (Wildman–Crippen LogP) is 1.53. The first-order chi connectivity index (χ1) is 14.9. The molecule has 0 amide bonds. The molecule has 4 N–H and O–H groups in total. The highest BCUT2D eigenvalue weighted by Crippen LogP contribution is 2.49. The molecule has 168 valence electrons. The number of ketones is 2.